The van der Waals surface area contributed by atoms with Crippen LogP contribution in [-0.2, 0) is 9.53 Å². The molecule has 14 heavy (non-hydrogen) atoms. The number of esters is 1. The third-order valence-corrected chi connectivity index (χ3v) is 4.32. The van der Waals surface area contributed by atoms with E-state index in [1.165, 1.54) is 13.2 Å². The summed E-state index contributed by atoms with van der Waals surface area (Å²) in [6.07, 6.45) is 4.23. The van der Waals surface area contributed by atoms with Crippen LogP contribution in [0, 0.1) is 5.92 Å². The Bertz CT molecular complexity index is 251. The smallest absolute Gasteiger partial charge is 0.333 e. The molecular weight excluding hydrogens is 192 g/mol. The van der Waals surface area contributed by atoms with Gasteiger partial charge in [-0.25, -0.2) is 4.79 Å². The van der Waals surface area contributed by atoms with E-state index in [4.69, 9.17) is 4.74 Å². The van der Waals surface area contributed by atoms with Gasteiger partial charge in [0.1, 0.15) is 0 Å². The molecular formula is C11H20O2Si. The molecule has 0 spiro atoms. The van der Waals surface area contributed by atoms with Crippen molar-refractivity contribution in [1.82, 2.24) is 0 Å². The molecule has 0 amide bonds. The predicted octanol–water partition coefficient (Wildman–Crippen LogP) is 2.83. The highest BCUT2D eigenvalue weighted by Gasteiger charge is 2.29. The molecule has 0 aromatic rings. The van der Waals surface area contributed by atoms with E-state index >= 15 is 0 Å². The molecule has 3 heteroatoms. The van der Waals surface area contributed by atoms with Gasteiger partial charge in [-0.2, -0.15) is 0 Å². The zero-order chi connectivity index (χ0) is 10.8. The number of ether oxygens (including phenoxy) is 1. The lowest BCUT2D eigenvalue weighted by Crippen LogP contribution is -2.25. The molecule has 2 nitrogen and oxygen atoms in total. The van der Waals surface area contributed by atoms with Crippen molar-refractivity contribution in [3.8, 4) is 0 Å². The van der Waals surface area contributed by atoms with Gasteiger partial charge in [0.15, 0.2) is 0 Å². The summed E-state index contributed by atoms with van der Waals surface area (Å²) in [5.74, 6) is 0.347. The second-order valence-electron chi connectivity index (χ2n) is 5.19. The van der Waals surface area contributed by atoms with Gasteiger partial charge in [-0.15, -0.1) is 0 Å². The topological polar surface area (TPSA) is 26.3 Å². The van der Waals surface area contributed by atoms with E-state index in [0.717, 1.165) is 18.4 Å². The number of hydrogen-bond donors (Lipinski definition) is 0. The Balaban J connectivity index is 2.64. The van der Waals surface area contributed by atoms with Crippen LogP contribution in [0.2, 0.25) is 25.7 Å². The maximum Gasteiger partial charge on any atom is 0.333 e. The minimum absolute atomic E-state index is 0.120. The Kier molecular flexibility index (Phi) is 3.53. The SMILES string of the molecule is COC(=O)C1=CCCC1C[Si](C)(C)C. The largest absolute Gasteiger partial charge is 0.466 e. The quantitative estimate of drug-likeness (QED) is 0.531. The Labute approximate surface area is 87.3 Å². The van der Waals surface area contributed by atoms with Crippen LogP contribution >= 0.6 is 0 Å². The summed E-state index contributed by atoms with van der Waals surface area (Å²) in [4.78, 5) is 11.4. The molecule has 0 radical (unpaired) electrons. The Morgan fingerprint density at radius 2 is 2.21 bits per heavy atom. The van der Waals surface area contributed by atoms with Crippen molar-refractivity contribution in [1.29, 1.82) is 0 Å². The van der Waals surface area contributed by atoms with Crippen LogP contribution in [0.3, 0.4) is 0 Å². The summed E-state index contributed by atoms with van der Waals surface area (Å²) < 4.78 is 4.79. The third kappa shape index (κ3) is 2.98. The molecule has 0 saturated heterocycles. The Hall–Kier alpha value is -0.573. The molecule has 0 aromatic carbocycles. The number of allylic oxidation sites excluding steroid dienone is 1. The van der Waals surface area contributed by atoms with E-state index in [9.17, 15) is 4.79 Å². The first kappa shape index (κ1) is 11.5. The van der Waals surface area contributed by atoms with Gasteiger partial charge < -0.3 is 4.74 Å². The highest BCUT2D eigenvalue weighted by molar-refractivity contribution is 6.76. The molecule has 0 aliphatic heterocycles. The average molecular weight is 212 g/mol. The zero-order valence-electron chi connectivity index (χ0n) is 9.59. The molecule has 0 bridgehead atoms. The second kappa shape index (κ2) is 4.30. The number of rotatable bonds is 3. The highest BCUT2D eigenvalue weighted by atomic mass is 28.3. The average Bonchev–Trinajstić information content (AvgIpc) is 2.48. The Morgan fingerprint density at radius 3 is 2.71 bits per heavy atom. The van der Waals surface area contributed by atoms with Crippen LogP contribution in [0.15, 0.2) is 11.6 Å². The summed E-state index contributed by atoms with van der Waals surface area (Å²) >= 11 is 0. The number of carbonyl (C=O) groups excluding carboxylic acids is 1. The monoisotopic (exact) mass is 212 g/mol. The Morgan fingerprint density at radius 1 is 1.57 bits per heavy atom. The molecule has 1 aliphatic rings. The van der Waals surface area contributed by atoms with Gasteiger partial charge in [-0.1, -0.05) is 31.8 Å². The van der Waals surface area contributed by atoms with Gasteiger partial charge in [-0.3, -0.25) is 0 Å². The highest BCUT2D eigenvalue weighted by Crippen LogP contribution is 2.33. The molecule has 0 saturated carbocycles. The molecule has 0 heterocycles. The number of carbonyl (C=O) groups is 1. The van der Waals surface area contributed by atoms with Crippen molar-refractivity contribution in [2.45, 2.75) is 38.5 Å². The molecule has 1 unspecified atom stereocenters. The van der Waals surface area contributed by atoms with E-state index in [-0.39, 0.29) is 5.97 Å². The molecule has 1 rings (SSSR count). The van der Waals surface area contributed by atoms with Crippen molar-refractivity contribution < 1.29 is 9.53 Å². The number of hydrogen-bond acceptors (Lipinski definition) is 2. The van der Waals surface area contributed by atoms with E-state index < -0.39 is 8.07 Å². The standard InChI is InChI=1S/C11H20O2Si/c1-13-11(12)10-7-5-6-9(10)8-14(2,3)4/h7,9H,5-6,8H2,1-4H3. The lowest BCUT2D eigenvalue weighted by atomic mass is 10.0. The summed E-state index contributed by atoms with van der Waals surface area (Å²) in [6, 6.07) is 1.20. The summed E-state index contributed by atoms with van der Waals surface area (Å²) in [7, 11) is 0.394. The normalized spacial score (nSPS) is 22.0. The molecule has 0 N–H and O–H groups in total. The van der Waals surface area contributed by atoms with Gasteiger partial charge in [0.2, 0.25) is 0 Å². The third-order valence-electron chi connectivity index (χ3n) is 2.60. The van der Waals surface area contributed by atoms with E-state index in [0.29, 0.717) is 5.92 Å². The van der Waals surface area contributed by atoms with Gasteiger partial charge >= 0.3 is 5.97 Å². The fourth-order valence-electron chi connectivity index (χ4n) is 2.08. The van der Waals surface area contributed by atoms with Crippen molar-refractivity contribution in [3.05, 3.63) is 11.6 Å². The van der Waals surface area contributed by atoms with Crippen LogP contribution < -0.4 is 0 Å². The first-order valence-corrected chi connectivity index (χ1v) is 8.93. The molecule has 1 atom stereocenters. The maximum absolute atomic E-state index is 11.4. The fourth-order valence-corrected chi connectivity index (χ4v) is 3.98. The van der Waals surface area contributed by atoms with Crippen molar-refractivity contribution in [3.63, 3.8) is 0 Å². The van der Waals surface area contributed by atoms with E-state index in [2.05, 4.69) is 25.7 Å². The van der Waals surface area contributed by atoms with Crippen molar-refractivity contribution in [2.75, 3.05) is 7.11 Å². The van der Waals surface area contributed by atoms with Gasteiger partial charge in [0, 0.05) is 13.6 Å². The maximum atomic E-state index is 11.4. The van der Waals surface area contributed by atoms with Crippen LogP contribution in [0.4, 0.5) is 0 Å². The van der Waals surface area contributed by atoms with Crippen LogP contribution in [-0.4, -0.2) is 21.2 Å². The second-order valence-corrected chi connectivity index (χ2v) is 10.7. The zero-order valence-corrected chi connectivity index (χ0v) is 10.6. The van der Waals surface area contributed by atoms with Gasteiger partial charge in [0.25, 0.3) is 0 Å². The summed E-state index contributed by atoms with van der Waals surface area (Å²) in [5.41, 5.74) is 0.926. The first-order valence-electron chi connectivity index (χ1n) is 5.22. The lowest BCUT2D eigenvalue weighted by molar-refractivity contribution is -0.136. The fraction of sp³-hybridized carbons (Fsp3) is 0.727. The van der Waals surface area contributed by atoms with Crippen molar-refractivity contribution >= 4 is 14.0 Å². The summed E-state index contributed by atoms with van der Waals surface area (Å²) in [6.45, 7) is 7.04. The summed E-state index contributed by atoms with van der Waals surface area (Å²) in [5, 5.41) is 0. The number of methoxy groups -OCH3 is 1. The van der Waals surface area contributed by atoms with Gasteiger partial charge in [0.05, 0.1) is 7.11 Å². The van der Waals surface area contributed by atoms with Crippen LogP contribution in [0.25, 0.3) is 0 Å². The van der Waals surface area contributed by atoms with E-state index in [1.807, 2.05) is 0 Å². The lowest BCUT2D eigenvalue weighted by Gasteiger charge is -2.22. The molecule has 0 fully saturated rings. The predicted molar refractivity (Wildman–Crippen MR) is 61.0 cm³/mol. The van der Waals surface area contributed by atoms with Crippen LogP contribution in [0.1, 0.15) is 12.8 Å². The van der Waals surface area contributed by atoms with Crippen LogP contribution in [0.5, 0.6) is 0 Å². The first-order chi connectivity index (χ1) is 6.44. The minimum atomic E-state index is -1.07. The molecule has 1 aliphatic carbocycles. The van der Waals surface area contributed by atoms with E-state index in [1.54, 1.807) is 0 Å². The van der Waals surface area contributed by atoms with Gasteiger partial charge in [-0.05, 0) is 18.8 Å². The molecule has 80 valence electrons. The molecule has 0 aromatic heterocycles. The minimum Gasteiger partial charge on any atom is -0.466 e. The van der Waals surface area contributed by atoms with Crippen molar-refractivity contribution in [2.24, 2.45) is 5.92 Å².